The molecule has 7 heteroatoms. The van der Waals surface area contributed by atoms with E-state index in [4.69, 9.17) is 14.5 Å². The Labute approximate surface area is 212 Å². The quantitative estimate of drug-likeness (QED) is 0.303. The third-order valence-electron chi connectivity index (χ3n) is 7.15. The van der Waals surface area contributed by atoms with Gasteiger partial charge in [-0.05, 0) is 61.7 Å². The Bertz CT molecular complexity index is 1340. The molecule has 6 rings (SSSR count). The molecule has 7 nitrogen and oxygen atoms in total. The van der Waals surface area contributed by atoms with E-state index in [1.165, 1.54) is 49.0 Å². The molecule has 2 aliphatic rings. The van der Waals surface area contributed by atoms with Crippen molar-refractivity contribution in [3.05, 3.63) is 77.1 Å². The molecule has 184 valence electrons. The fourth-order valence-electron chi connectivity index (χ4n) is 5.37. The van der Waals surface area contributed by atoms with Crippen LogP contribution in [-0.4, -0.2) is 51.2 Å². The highest BCUT2D eigenvalue weighted by Crippen LogP contribution is 2.41. The molecule has 1 fully saturated rings. The first kappa shape index (κ1) is 22.9. The van der Waals surface area contributed by atoms with Crippen LogP contribution in [-0.2, 0) is 12.8 Å². The molecule has 0 atom stereocenters. The predicted molar refractivity (Wildman–Crippen MR) is 141 cm³/mol. The molecule has 3 heterocycles. The van der Waals surface area contributed by atoms with Crippen molar-refractivity contribution in [3.8, 4) is 22.5 Å². The highest BCUT2D eigenvalue weighted by Gasteiger charge is 2.26. The zero-order valence-corrected chi connectivity index (χ0v) is 20.8. The van der Waals surface area contributed by atoms with E-state index in [9.17, 15) is 0 Å². The van der Waals surface area contributed by atoms with Crippen LogP contribution in [0.3, 0.4) is 0 Å². The topological polar surface area (TPSA) is 80.0 Å². The van der Waals surface area contributed by atoms with Crippen LogP contribution in [0.25, 0.3) is 22.5 Å². The molecule has 2 aromatic heterocycles. The molecule has 0 spiro atoms. The average molecular weight is 481 g/mol. The molecule has 36 heavy (non-hydrogen) atoms. The van der Waals surface area contributed by atoms with Crippen LogP contribution in [0.15, 0.2) is 53.1 Å². The van der Waals surface area contributed by atoms with E-state index >= 15 is 0 Å². The maximum absolute atomic E-state index is 5.19. The molecule has 4 aromatic rings. The molecule has 2 aromatic carbocycles. The number of hydrogen-bond donors (Lipinski definition) is 1. The smallest absolute Gasteiger partial charge is 0.223 e. The minimum absolute atomic E-state index is 0.571. The number of hydrogen-bond acceptors (Lipinski definition) is 7. The number of benzene rings is 2. The standard InChI is InChI=1S/C29H32N6O/c1-20-31-28(34-36-20)22-11-12-24-23(18-22)19-25-27(24)29(30-13-8-16-35-14-6-3-7-15-35)33-26(32-25)17-21-9-4-2-5-10-21/h2,4-5,9-12,18H,3,6-8,13-17,19H2,1H3,(H,30,32,33). The molecule has 1 aliphatic carbocycles. The van der Waals surface area contributed by atoms with Crippen molar-refractivity contribution < 1.29 is 4.52 Å². The summed E-state index contributed by atoms with van der Waals surface area (Å²) in [5, 5.41) is 7.78. The summed E-state index contributed by atoms with van der Waals surface area (Å²) in [6.07, 6.45) is 6.65. The van der Waals surface area contributed by atoms with Gasteiger partial charge in [0.2, 0.25) is 11.7 Å². The molecular weight excluding hydrogens is 448 g/mol. The van der Waals surface area contributed by atoms with Crippen molar-refractivity contribution in [1.29, 1.82) is 0 Å². The summed E-state index contributed by atoms with van der Waals surface area (Å²) >= 11 is 0. The SMILES string of the molecule is Cc1nc(-c2ccc3c(c2)Cc2nc(Cc4ccccc4)nc(NCCCN4CCCCC4)c2-3)no1. The largest absolute Gasteiger partial charge is 0.369 e. The van der Waals surface area contributed by atoms with Crippen molar-refractivity contribution in [2.45, 2.75) is 45.4 Å². The lowest BCUT2D eigenvalue weighted by Gasteiger charge is -2.26. The third kappa shape index (κ3) is 4.88. The van der Waals surface area contributed by atoms with Crippen LogP contribution in [0.5, 0.6) is 0 Å². The molecule has 0 unspecified atom stereocenters. The Hall–Kier alpha value is -3.58. The summed E-state index contributed by atoms with van der Waals surface area (Å²) < 4.78 is 5.19. The number of nitrogens with zero attached hydrogens (tertiary/aromatic N) is 5. The number of aryl methyl sites for hydroxylation is 1. The van der Waals surface area contributed by atoms with Gasteiger partial charge < -0.3 is 14.7 Å². The molecule has 0 radical (unpaired) electrons. The highest BCUT2D eigenvalue weighted by atomic mass is 16.5. The van der Waals surface area contributed by atoms with E-state index < -0.39 is 0 Å². The van der Waals surface area contributed by atoms with Gasteiger partial charge in [-0.15, -0.1) is 0 Å². The normalized spacial score (nSPS) is 15.0. The van der Waals surface area contributed by atoms with E-state index in [2.05, 4.69) is 62.8 Å². The van der Waals surface area contributed by atoms with Gasteiger partial charge in [0, 0.05) is 37.4 Å². The number of anilines is 1. The number of likely N-dealkylation sites (tertiary alicyclic amines) is 1. The Kier molecular flexibility index (Phi) is 6.47. The van der Waals surface area contributed by atoms with E-state index in [-0.39, 0.29) is 0 Å². The molecule has 1 N–H and O–H groups in total. The summed E-state index contributed by atoms with van der Waals surface area (Å²) in [7, 11) is 0. The average Bonchev–Trinajstić information content (AvgIpc) is 3.50. The summed E-state index contributed by atoms with van der Waals surface area (Å²) in [6.45, 7) is 6.33. The van der Waals surface area contributed by atoms with Gasteiger partial charge >= 0.3 is 0 Å². The van der Waals surface area contributed by atoms with Gasteiger partial charge in [-0.1, -0.05) is 54.0 Å². The zero-order valence-electron chi connectivity index (χ0n) is 20.8. The minimum Gasteiger partial charge on any atom is -0.369 e. The zero-order chi connectivity index (χ0) is 24.3. The fraction of sp³-hybridized carbons (Fsp3) is 0.379. The maximum atomic E-state index is 5.19. The van der Waals surface area contributed by atoms with E-state index in [0.717, 1.165) is 60.8 Å². The van der Waals surface area contributed by atoms with Gasteiger partial charge in [-0.3, -0.25) is 0 Å². The number of aromatic nitrogens is 4. The Morgan fingerprint density at radius 3 is 2.64 bits per heavy atom. The van der Waals surface area contributed by atoms with Gasteiger partial charge in [-0.25, -0.2) is 9.97 Å². The summed E-state index contributed by atoms with van der Waals surface area (Å²) in [6, 6.07) is 16.8. The van der Waals surface area contributed by atoms with Crippen molar-refractivity contribution in [3.63, 3.8) is 0 Å². The number of fused-ring (bicyclic) bond motifs is 3. The maximum Gasteiger partial charge on any atom is 0.223 e. The van der Waals surface area contributed by atoms with E-state index in [1.54, 1.807) is 0 Å². The second-order valence-corrected chi connectivity index (χ2v) is 9.84. The Morgan fingerprint density at radius 2 is 1.83 bits per heavy atom. The monoisotopic (exact) mass is 480 g/mol. The first-order valence-electron chi connectivity index (χ1n) is 13.1. The van der Waals surface area contributed by atoms with E-state index in [1.807, 2.05) is 13.0 Å². The molecular formula is C29H32N6O. The van der Waals surface area contributed by atoms with Crippen LogP contribution in [0.1, 0.15) is 54.2 Å². The van der Waals surface area contributed by atoms with Crippen molar-refractivity contribution in [2.24, 2.45) is 0 Å². The summed E-state index contributed by atoms with van der Waals surface area (Å²) in [5.41, 5.74) is 6.83. The van der Waals surface area contributed by atoms with Gasteiger partial charge in [0.15, 0.2) is 0 Å². The fourth-order valence-corrected chi connectivity index (χ4v) is 5.37. The molecule has 0 bridgehead atoms. The van der Waals surface area contributed by atoms with Gasteiger partial charge in [0.1, 0.15) is 11.6 Å². The van der Waals surface area contributed by atoms with Crippen LogP contribution in [0.2, 0.25) is 0 Å². The number of nitrogens with one attached hydrogen (secondary N) is 1. The van der Waals surface area contributed by atoms with Crippen LogP contribution in [0, 0.1) is 6.92 Å². The second kappa shape index (κ2) is 10.2. The highest BCUT2D eigenvalue weighted by molar-refractivity contribution is 5.85. The number of piperidine rings is 1. The van der Waals surface area contributed by atoms with Gasteiger partial charge in [-0.2, -0.15) is 4.98 Å². The van der Waals surface area contributed by atoms with Crippen LogP contribution >= 0.6 is 0 Å². The van der Waals surface area contributed by atoms with Crippen molar-refractivity contribution in [2.75, 3.05) is 31.5 Å². The lowest BCUT2D eigenvalue weighted by Crippen LogP contribution is -2.31. The molecule has 1 aliphatic heterocycles. The first-order valence-corrected chi connectivity index (χ1v) is 13.1. The Balaban J connectivity index is 1.27. The van der Waals surface area contributed by atoms with Crippen molar-refractivity contribution >= 4 is 5.82 Å². The molecule has 1 saturated heterocycles. The van der Waals surface area contributed by atoms with Crippen LogP contribution < -0.4 is 5.32 Å². The number of rotatable bonds is 8. The molecule has 0 amide bonds. The Morgan fingerprint density at radius 1 is 0.972 bits per heavy atom. The second-order valence-electron chi connectivity index (χ2n) is 9.84. The summed E-state index contributed by atoms with van der Waals surface area (Å²) in [5.74, 6) is 3.01. The van der Waals surface area contributed by atoms with Crippen LogP contribution in [0.4, 0.5) is 5.82 Å². The van der Waals surface area contributed by atoms with Gasteiger partial charge in [0.05, 0.1) is 5.69 Å². The first-order chi connectivity index (χ1) is 17.7. The third-order valence-corrected chi connectivity index (χ3v) is 7.15. The predicted octanol–water partition coefficient (Wildman–Crippen LogP) is 5.28. The van der Waals surface area contributed by atoms with Gasteiger partial charge in [0.25, 0.3) is 0 Å². The summed E-state index contributed by atoms with van der Waals surface area (Å²) in [4.78, 5) is 17.0. The lowest BCUT2D eigenvalue weighted by atomic mass is 10.0. The minimum atomic E-state index is 0.571. The lowest BCUT2D eigenvalue weighted by molar-refractivity contribution is 0.228. The van der Waals surface area contributed by atoms with E-state index in [0.29, 0.717) is 11.7 Å². The van der Waals surface area contributed by atoms with Crippen molar-refractivity contribution in [1.82, 2.24) is 25.0 Å². The molecule has 0 saturated carbocycles.